The average molecular weight is 394 g/mol. The van der Waals surface area contributed by atoms with Crippen molar-refractivity contribution in [3.8, 4) is 0 Å². The van der Waals surface area contributed by atoms with E-state index in [2.05, 4.69) is 10.6 Å². The fraction of sp³-hybridized carbons (Fsp3) is 0.474. The molecule has 1 atom stereocenters. The van der Waals surface area contributed by atoms with E-state index in [1.54, 1.807) is 44.7 Å². The van der Waals surface area contributed by atoms with Crippen molar-refractivity contribution in [3.63, 3.8) is 0 Å². The Morgan fingerprint density at radius 2 is 1.67 bits per heavy atom. The molecule has 3 amide bonds. The molecule has 1 rings (SSSR count). The Balaban J connectivity index is 2.43. The molecule has 1 aromatic carbocycles. The first-order valence-electron chi connectivity index (χ1n) is 8.51. The zero-order chi connectivity index (χ0) is 20.6. The summed E-state index contributed by atoms with van der Waals surface area (Å²) in [6, 6.07) is 6.43. The second kappa shape index (κ2) is 10.1. The third-order valence-electron chi connectivity index (χ3n) is 3.37. The molecule has 0 heterocycles. The van der Waals surface area contributed by atoms with E-state index in [0.717, 1.165) is 4.90 Å². The van der Waals surface area contributed by atoms with Crippen molar-refractivity contribution in [2.45, 2.75) is 57.1 Å². The van der Waals surface area contributed by atoms with Crippen LogP contribution in [0.3, 0.4) is 0 Å². The lowest BCUT2D eigenvalue weighted by molar-refractivity contribution is -0.154. The van der Waals surface area contributed by atoms with Gasteiger partial charge in [0.05, 0.1) is 6.42 Å². The topological polar surface area (TPSA) is 102 Å². The van der Waals surface area contributed by atoms with E-state index < -0.39 is 29.6 Å². The second-order valence-corrected chi connectivity index (χ2v) is 7.86. The van der Waals surface area contributed by atoms with Gasteiger partial charge in [-0.1, -0.05) is 12.1 Å². The molecule has 0 saturated heterocycles. The maximum absolute atomic E-state index is 12.1. The summed E-state index contributed by atoms with van der Waals surface area (Å²) in [6.45, 7) is 6.67. The Hall–Kier alpha value is -2.35. The van der Waals surface area contributed by atoms with Crippen molar-refractivity contribution >= 4 is 35.5 Å². The highest BCUT2D eigenvalue weighted by atomic mass is 32.2. The first-order chi connectivity index (χ1) is 12.5. The molecule has 0 saturated carbocycles. The number of nitrogens with one attached hydrogen (secondary N) is 2. The van der Waals surface area contributed by atoms with Gasteiger partial charge in [0, 0.05) is 22.4 Å². The lowest BCUT2D eigenvalue weighted by atomic mass is 10.1. The van der Waals surface area contributed by atoms with Crippen LogP contribution in [0.15, 0.2) is 29.2 Å². The van der Waals surface area contributed by atoms with Gasteiger partial charge >= 0.3 is 12.0 Å². The standard InChI is InChI=1S/C19H26N2O5S/c1-12(17(24)20-18(25)21-19(2,3)4)26-16(23)11-10-15(22)13-6-8-14(27-5)9-7-13/h6-9,12H,10-11H2,1-5H3,(H2,20,21,24,25)/t12-/m0/s1. The molecule has 0 fully saturated rings. The van der Waals surface area contributed by atoms with E-state index in [4.69, 9.17) is 4.74 Å². The van der Waals surface area contributed by atoms with Crippen LogP contribution in [0, 0.1) is 0 Å². The second-order valence-electron chi connectivity index (χ2n) is 6.98. The highest BCUT2D eigenvalue weighted by Crippen LogP contribution is 2.16. The van der Waals surface area contributed by atoms with Gasteiger partial charge in [0.1, 0.15) is 0 Å². The van der Waals surface area contributed by atoms with E-state index in [0.29, 0.717) is 5.56 Å². The van der Waals surface area contributed by atoms with E-state index in [1.165, 1.54) is 6.92 Å². The molecule has 1 aromatic rings. The van der Waals surface area contributed by atoms with Gasteiger partial charge < -0.3 is 10.1 Å². The maximum atomic E-state index is 12.1. The van der Waals surface area contributed by atoms with Crippen LogP contribution < -0.4 is 10.6 Å². The number of carbonyl (C=O) groups is 4. The Morgan fingerprint density at radius 3 is 2.19 bits per heavy atom. The van der Waals surface area contributed by atoms with Crippen molar-refractivity contribution in [1.29, 1.82) is 0 Å². The predicted octanol–water partition coefficient (Wildman–Crippen LogP) is 2.93. The smallest absolute Gasteiger partial charge is 0.321 e. The summed E-state index contributed by atoms with van der Waals surface area (Å²) in [4.78, 5) is 48.5. The fourth-order valence-corrected chi connectivity index (χ4v) is 2.44. The van der Waals surface area contributed by atoms with Crippen molar-refractivity contribution in [2.75, 3.05) is 6.26 Å². The van der Waals surface area contributed by atoms with Crippen molar-refractivity contribution in [3.05, 3.63) is 29.8 Å². The van der Waals surface area contributed by atoms with Gasteiger partial charge in [0.25, 0.3) is 5.91 Å². The minimum Gasteiger partial charge on any atom is -0.453 e. The number of thioether (sulfide) groups is 1. The van der Waals surface area contributed by atoms with E-state index >= 15 is 0 Å². The molecular formula is C19H26N2O5S. The van der Waals surface area contributed by atoms with E-state index in [1.807, 2.05) is 18.4 Å². The van der Waals surface area contributed by atoms with Gasteiger partial charge in [-0.15, -0.1) is 11.8 Å². The Bertz CT molecular complexity index is 695. The summed E-state index contributed by atoms with van der Waals surface area (Å²) in [5, 5.41) is 4.68. The molecule has 27 heavy (non-hydrogen) atoms. The number of ether oxygens (including phenoxy) is 1. The van der Waals surface area contributed by atoms with Crippen LogP contribution in [0.25, 0.3) is 0 Å². The molecule has 0 aliphatic heterocycles. The maximum Gasteiger partial charge on any atom is 0.321 e. The number of urea groups is 1. The number of carbonyl (C=O) groups excluding carboxylic acids is 4. The summed E-state index contributed by atoms with van der Waals surface area (Å²) in [6.07, 6.45) is 0.640. The zero-order valence-corrected chi connectivity index (χ0v) is 17.1. The number of hydrogen-bond donors (Lipinski definition) is 2. The van der Waals surface area contributed by atoms with Crippen LogP contribution in [0.4, 0.5) is 4.79 Å². The number of Topliss-reactive ketones (excluding diaryl/α,β-unsaturated/α-hetero) is 1. The SMILES string of the molecule is CSc1ccc(C(=O)CCC(=O)O[C@@H](C)C(=O)NC(=O)NC(C)(C)C)cc1. The molecule has 0 bridgehead atoms. The van der Waals surface area contributed by atoms with Crippen LogP contribution in [0.2, 0.25) is 0 Å². The third-order valence-corrected chi connectivity index (χ3v) is 4.11. The number of imide groups is 1. The van der Waals surface area contributed by atoms with Crippen molar-refractivity contribution in [1.82, 2.24) is 10.6 Å². The number of rotatable bonds is 7. The molecule has 0 aliphatic rings. The lowest BCUT2D eigenvalue weighted by Gasteiger charge is -2.21. The Morgan fingerprint density at radius 1 is 1.07 bits per heavy atom. The summed E-state index contributed by atoms with van der Waals surface area (Å²) < 4.78 is 4.98. The summed E-state index contributed by atoms with van der Waals surface area (Å²) >= 11 is 1.57. The zero-order valence-electron chi connectivity index (χ0n) is 16.3. The fourth-order valence-electron chi connectivity index (χ4n) is 2.03. The number of esters is 1. The monoisotopic (exact) mass is 394 g/mol. The van der Waals surface area contributed by atoms with E-state index in [9.17, 15) is 19.2 Å². The number of ketones is 1. The van der Waals surface area contributed by atoms with Gasteiger partial charge in [0.15, 0.2) is 11.9 Å². The molecule has 148 valence electrons. The molecule has 0 aliphatic carbocycles. The minimum absolute atomic E-state index is 0.0176. The summed E-state index contributed by atoms with van der Waals surface area (Å²) in [5.74, 6) is -1.59. The number of hydrogen-bond acceptors (Lipinski definition) is 6. The molecule has 2 N–H and O–H groups in total. The highest BCUT2D eigenvalue weighted by Gasteiger charge is 2.22. The molecule has 7 nitrogen and oxygen atoms in total. The van der Waals surface area contributed by atoms with Gasteiger partial charge in [-0.3, -0.25) is 19.7 Å². The molecule has 8 heteroatoms. The molecule has 0 spiro atoms. The largest absolute Gasteiger partial charge is 0.453 e. The molecular weight excluding hydrogens is 368 g/mol. The third kappa shape index (κ3) is 8.72. The minimum atomic E-state index is -1.14. The average Bonchev–Trinajstić information content (AvgIpc) is 2.57. The summed E-state index contributed by atoms with van der Waals surface area (Å²) in [7, 11) is 0. The highest BCUT2D eigenvalue weighted by molar-refractivity contribution is 7.98. The Labute approximate surface area is 163 Å². The quantitative estimate of drug-likeness (QED) is 0.419. The molecule has 0 unspecified atom stereocenters. The van der Waals surface area contributed by atoms with Gasteiger partial charge in [-0.2, -0.15) is 0 Å². The van der Waals surface area contributed by atoms with Crippen molar-refractivity contribution in [2.24, 2.45) is 0 Å². The van der Waals surface area contributed by atoms with Crippen LogP contribution in [0.5, 0.6) is 0 Å². The summed E-state index contributed by atoms with van der Waals surface area (Å²) in [5.41, 5.74) is 0.0174. The first kappa shape index (κ1) is 22.7. The van der Waals surface area contributed by atoms with Crippen LogP contribution in [-0.2, 0) is 14.3 Å². The predicted molar refractivity (Wildman–Crippen MR) is 104 cm³/mol. The van der Waals surface area contributed by atoms with Crippen LogP contribution in [0.1, 0.15) is 50.9 Å². The number of benzene rings is 1. The molecule has 0 radical (unpaired) electrons. The van der Waals surface area contributed by atoms with Gasteiger partial charge in [0.2, 0.25) is 0 Å². The van der Waals surface area contributed by atoms with Crippen LogP contribution in [-0.4, -0.2) is 41.6 Å². The normalized spacial score (nSPS) is 12.0. The molecule has 0 aromatic heterocycles. The number of amides is 3. The van der Waals surface area contributed by atoms with Crippen LogP contribution >= 0.6 is 11.8 Å². The van der Waals surface area contributed by atoms with Gasteiger partial charge in [-0.05, 0) is 46.1 Å². The van der Waals surface area contributed by atoms with Crippen molar-refractivity contribution < 1.29 is 23.9 Å². The lowest BCUT2D eigenvalue weighted by Crippen LogP contribution is -2.50. The Kier molecular flexibility index (Phi) is 8.49. The van der Waals surface area contributed by atoms with Gasteiger partial charge in [-0.25, -0.2) is 4.79 Å². The van der Waals surface area contributed by atoms with E-state index in [-0.39, 0.29) is 18.6 Å². The first-order valence-corrected chi connectivity index (χ1v) is 9.74.